The van der Waals surface area contributed by atoms with Crippen molar-refractivity contribution in [1.29, 1.82) is 0 Å². The fourth-order valence-electron chi connectivity index (χ4n) is 3.15. The van der Waals surface area contributed by atoms with E-state index in [4.69, 9.17) is 0 Å². The highest BCUT2D eigenvalue weighted by molar-refractivity contribution is 7.86. The molecule has 1 aromatic carbocycles. The average Bonchev–Trinajstić information content (AvgIpc) is 2.71. The number of nitrogens with one attached hydrogen (secondary N) is 2. The third kappa shape index (κ3) is 5.68. The minimum absolute atomic E-state index is 0.0120. The Hall–Kier alpha value is -2.87. The van der Waals surface area contributed by atoms with E-state index in [1.807, 2.05) is 0 Å². The number of rotatable bonds is 10. The number of pyridine rings is 1. The molecule has 1 heterocycles. The molecule has 0 radical (unpaired) electrons. The van der Waals surface area contributed by atoms with Crippen LogP contribution < -0.4 is 10.6 Å². The van der Waals surface area contributed by atoms with Crippen molar-refractivity contribution in [2.45, 2.75) is 0 Å². The largest absolute Gasteiger partial charge is 0.382 e. The molecule has 3 rings (SSSR count). The SMILES string of the molecule is CS(=O)(=O)OCCNc1ccc(NCCOS(C)(=O)=O)c2c1C(=O)c1cccnc1C2=O. The second-order valence-electron chi connectivity index (χ2n) is 6.87. The van der Waals surface area contributed by atoms with Crippen molar-refractivity contribution >= 4 is 43.2 Å². The lowest BCUT2D eigenvalue weighted by Crippen LogP contribution is -2.26. The summed E-state index contributed by atoms with van der Waals surface area (Å²) in [4.78, 5) is 30.4. The van der Waals surface area contributed by atoms with E-state index in [-0.39, 0.29) is 48.7 Å². The van der Waals surface area contributed by atoms with Gasteiger partial charge < -0.3 is 10.6 Å². The van der Waals surface area contributed by atoms with Crippen molar-refractivity contribution in [2.75, 3.05) is 49.4 Å². The summed E-state index contributed by atoms with van der Waals surface area (Å²) >= 11 is 0. The number of aromatic nitrogens is 1. The van der Waals surface area contributed by atoms with Crippen LogP contribution in [0.2, 0.25) is 0 Å². The molecule has 1 aromatic heterocycles. The van der Waals surface area contributed by atoms with Crippen LogP contribution in [0, 0.1) is 0 Å². The Balaban J connectivity index is 1.92. The molecule has 11 nitrogen and oxygen atoms in total. The van der Waals surface area contributed by atoms with Crippen LogP contribution in [0.1, 0.15) is 32.0 Å². The van der Waals surface area contributed by atoms with Crippen LogP contribution in [-0.4, -0.2) is 72.2 Å². The van der Waals surface area contributed by atoms with E-state index >= 15 is 0 Å². The van der Waals surface area contributed by atoms with Gasteiger partial charge in [0.25, 0.3) is 20.2 Å². The number of benzene rings is 1. The Morgan fingerprint density at radius 2 is 1.31 bits per heavy atom. The zero-order chi connectivity index (χ0) is 23.5. The van der Waals surface area contributed by atoms with Gasteiger partial charge in [-0.1, -0.05) is 0 Å². The lowest BCUT2D eigenvalue weighted by atomic mass is 9.84. The standard InChI is InChI=1S/C19H21N3O8S2/c1-31(25,26)29-10-8-20-13-5-6-14(21-9-11-30-32(2,27)28)16-15(13)18(23)12-4-3-7-22-17(12)19(16)24/h3-7,20-21H,8-11H2,1-2H3. The Morgan fingerprint density at radius 1 is 0.812 bits per heavy atom. The number of fused-ring (bicyclic) bond motifs is 2. The van der Waals surface area contributed by atoms with Crippen LogP contribution in [0.15, 0.2) is 30.5 Å². The van der Waals surface area contributed by atoms with Crippen molar-refractivity contribution in [3.8, 4) is 0 Å². The van der Waals surface area contributed by atoms with E-state index in [0.29, 0.717) is 11.4 Å². The molecule has 0 aliphatic heterocycles. The predicted molar refractivity (Wildman–Crippen MR) is 116 cm³/mol. The topological polar surface area (TPSA) is 158 Å². The van der Waals surface area contributed by atoms with Gasteiger partial charge in [-0.3, -0.25) is 22.9 Å². The minimum atomic E-state index is -3.62. The number of carbonyl (C=O) groups excluding carboxylic acids is 2. The number of carbonyl (C=O) groups is 2. The maximum atomic E-state index is 13.2. The number of anilines is 2. The molecule has 0 fully saturated rings. The highest BCUT2D eigenvalue weighted by atomic mass is 32.2. The van der Waals surface area contributed by atoms with Gasteiger partial charge in [-0.05, 0) is 24.3 Å². The van der Waals surface area contributed by atoms with Crippen molar-refractivity contribution in [2.24, 2.45) is 0 Å². The highest BCUT2D eigenvalue weighted by Gasteiger charge is 2.34. The molecule has 32 heavy (non-hydrogen) atoms. The first-order chi connectivity index (χ1) is 15.0. The first-order valence-corrected chi connectivity index (χ1v) is 13.0. The third-order valence-corrected chi connectivity index (χ3v) is 5.55. The molecule has 0 saturated carbocycles. The second-order valence-corrected chi connectivity index (χ2v) is 10.2. The molecule has 0 bridgehead atoms. The van der Waals surface area contributed by atoms with Gasteiger partial charge in [-0.15, -0.1) is 0 Å². The molecule has 13 heteroatoms. The maximum absolute atomic E-state index is 13.2. The summed E-state index contributed by atoms with van der Waals surface area (Å²) in [7, 11) is -7.24. The van der Waals surface area contributed by atoms with Crippen molar-refractivity contribution in [3.63, 3.8) is 0 Å². The molecule has 172 valence electrons. The summed E-state index contributed by atoms with van der Waals surface area (Å²) in [6, 6.07) is 6.17. The highest BCUT2D eigenvalue weighted by Crippen LogP contribution is 2.35. The van der Waals surface area contributed by atoms with E-state index in [9.17, 15) is 26.4 Å². The number of nitrogens with zero attached hydrogens (tertiary/aromatic N) is 1. The molecule has 0 atom stereocenters. The lowest BCUT2D eigenvalue weighted by Gasteiger charge is -2.23. The lowest BCUT2D eigenvalue weighted by molar-refractivity contribution is 0.0976. The fraction of sp³-hybridized carbons (Fsp3) is 0.316. The monoisotopic (exact) mass is 483 g/mol. The first kappa shape index (κ1) is 23.8. The number of hydrogen-bond acceptors (Lipinski definition) is 11. The molecular formula is C19H21N3O8S2. The normalized spacial score (nSPS) is 13.4. The Kier molecular flexibility index (Phi) is 6.93. The van der Waals surface area contributed by atoms with Crippen LogP contribution in [0.3, 0.4) is 0 Å². The molecule has 0 spiro atoms. The van der Waals surface area contributed by atoms with Gasteiger partial charge in [0.2, 0.25) is 5.78 Å². The zero-order valence-electron chi connectivity index (χ0n) is 17.2. The Morgan fingerprint density at radius 3 is 1.81 bits per heavy atom. The summed E-state index contributed by atoms with van der Waals surface area (Å²) in [6.07, 6.45) is 3.26. The summed E-state index contributed by atoms with van der Waals surface area (Å²) in [5.74, 6) is -0.900. The average molecular weight is 484 g/mol. The molecule has 2 N–H and O–H groups in total. The van der Waals surface area contributed by atoms with Gasteiger partial charge in [0.1, 0.15) is 5.69 Å². The van der Waals surface area contributed by atoms with Gasteiger partial charge in [0.15, 0.2) is 5.78 Å². The molecule has 1 aliphatic rings. The molecular weight excluding hydrogens is 462 g/mol. The van der Waals surface area contributed by atoms with Gasteiger partial charge >= 0.3 is 0 Å². The van der Waals surface area contributed by atoms with E-state index in [0.717, 1.165) is 12.5 Å². The molecule has 0 saturated heterocycles. The Bertz CT molecular complexity index is 1180. The molecule has 2 aromatic rings. The van der Waals surface area contributed by atoms with E-state index in [1.54, 1.807) is 18.2 Å². The molecule has 0 amide bonds. The number of ketones is 2. The summed E-state index contributed by atoms with van der Waals surface area (Å²) in [6.45, 7) is -0.217. The van der Waals surface area contributed by atoms with Crippen molar-refractivity contribution in [1.82, 2.24) is 4.98 Å². The van der Waals surface area contributed by atoms with Crippen LogP contribution in [0.25, 0.3) is 0 Å². The summed E-state index contributed by atoms with van der Waals surface area (Å²) in [5.41, 5.74) is 0.974. The van der Waals surface area contributed by atoms with E-state index in [2.05, 4.69) is 24.0 Å². The quantitative estimate of drug-likeness (QED) is 0.308. The van der Waals surface area contributed by atoms with E-state index < -0.39 is 31.8 Å². The Labute approximate surface area is 185 Å². The first-order valence-electron chi connectivity index (χ1n) is 9.36. The van der Waals surface area contributed by atoms with Crippen molar-refractivity contribution in [3.05, 3.63) is 52.8 Å². The smallest absolute Gasteiger partial charge is 0.264 e. The van der Waals surface area contributed by atoms with Gasteiger partial charge in [0, 0.05) is 30.7 Å². The maximum Gasteiger partial charge on any atom is 0.264 e. The molecule has 0 unspecified atom stereocenters. The fourth-order valence-corrected chi connectivity index (χ4v) is 3.92. The van der Waals surface area contributed by atoms with Crippen LogP contribution in [-0.2, 0) is 28.6 Å². The van der Waals surface area contributed by atoms with Crippen LogP contribution >= 0.6 is 0 Å². The van der Waals surface area contributed by atoms with Gasteiger partial charge in [-0.2, -0.15) is 16.8 Å². The van der Waals surface area contributed by atoms with Crippen molar-refractivity contribution < 1.29 is 34.8 Å². The minimum Gasteiger partial charge on any atom is -0.382 e. The predicted octanol–water partition coefficient (Wildman–Crippen LogP) is 0.633. The van der Waals surface area contributed by atoms with Crippen LogP contribution in [0.4, 0.5) is 11.4 Å². The van der Waals surface area contributed by atoms with Crippen LogP contribution in [0.5, 0.6) is 0 Å². The van der Waals surface area contributed by atoms with E-state index in [1.165, 1.54) is 12.3 Å². The molecule has 1 aliphatic carbocycles. The number of hydrogen-bond donors (Lipinski definition) is 2. The zero-order valence-corrected chi connectivity index (χ0v) is 18.9. The third-order valence-electron chi connectivity index (χ3n) is 4.36. The second kappa shape index (κ2) is 9.32. The summed E-state index contributed by atoms with van der Waals surface area (Å²) in [5, 5.41) is 5.85. The summed E-state index contributed by atoms with van der Waals surface area (Å²) < 4.78 is 53.9. The van der Waals surface area contributed by atoms with Gasteiger partial charge in [-0.25, -0.2) is 0 Å². The van der Waals surface area contributed by atoms with Gasteiger partial charge in [0.05, 0.1) is 42.4 Å².